The van der Waals surface area contributed by atoms with Gasteiger partial charge < -0.3 is 25.7 Å². The molecule has 4 amide bonds. The third-order valence-electron chi connectivity index (χ3n) is 8.07. The summed E-state index contributed by atoms with van der Waals surface area (Å²) in [6.45, 7) is 7.72. The van der Waals surface area contributed by atoms with Crippen LogP contribution in [0.3, 0.4) is 0 Å². The van der Waals surface area contributed by atoms with E-state index >= 15 is 0 Å². The van der Waals surface area contributed by atoms with Gasteiger partial charge in [0.2, 0.25) is 17.7 Å². The van der Waals surface area contributed by atoms with Crippen molar-refractivity contribution in [3.63, 3.8) is 0 Å². The lowest BCUT2D eigenvalue weighted by Crippen LogP contribution is -2.55. The Morgan fingerprint density at radius 2 is 1.83 bits per heavy atom. The maximum Gasteiger partial charge on any atom is 0.273 e. The van der Waals surface area contributed by atoms with Crippen LogP contribution in [0.2, 0.25) is 0 Å². The van der Waals surface area contributed by atoms with Crippen LogP contribution in [-0.4, -0.2) is 62.0 Å². The first-order chi connectivity index (χ1) is 22.0. The summed E-state index contributed by atoms with van der Waals surface area (Å²) in [5.74, 6) is -1.74. The van der Waals surface area contributed by atoms with Crippen molar-refractivity contribution in [1.29, 1.82) is 0 Å². The molecule has 1 aliphatic rings. The van der Waals surface area contributed by atoms with Gasteiger partial charge in [-0.05, 0) is 50.7 Å². The van der Waals surface area contributed by atoms with Crippen LogP contribution in [0.4, 0.5) is 0 Å². The molecule has 1 aromatic carbocycles. The van der Waals surface area contributed by atoms with Crippen LogP contribution in [0.25, 0.3) is 11.0 Å². The Kier molecular flexibility index (Phi) is 9.78. The Morgan fingerprint density at radius 1 is 1.07 bits per heavy atom. The Balaban J connectivity index is 1.46. The average molecular weight is 629 g/mol. The normalized spacial score (nSPS) is 19.9. The average Bonchev–Trinajstić information content (AvgIpc) is 3.62. The molecule has 46 heavy (non-hydrogen) atoms. The number of aryl methyl sites for hydroxylation is 3. The highest BCUT2D eigenvalue weighted by Crippen LogP contribution is 2.23. The van der Waals surface area contributed by atoms with Crippen molar-refractivity contribution in [2.24, 2.45) is 13.0 Å². The Hall–Kier alpha value is -5.07. The van der Waals surface area contributed by atoms with Crippen LogP contribution in [0.15, 0.2) is 47.1 Å². The van der Waals surface area contributed by atoms with Gasteiger partial charge in [-0.25, -0.2) is 9.97 Å². The lowest BCUT2D eigenvalue weighted by molar-refractivity contribution is -0.130. The number of nitrogens with one attached hydrogen (secondary N) is 4. The molecule has 0 saturated heterocycles. The molecular weight excluding hydrogens is 588 g/mol. The van der Waals surface area contributed by atoms with E-state index in [1.54, 1.807) is 31.6 Å². The number of pyridine rings is 1. The number of oxazole rings is 1. The Morgan fingerprint density at radius 3 is 2.57 bits per heavy atom. The van der Waals surface area contributed by atoms with Crippen molar-refractivity contribution in [3.8, 4) is 0 Å². The maximum absolute atomic E-state index is 14.0. The molecule has 0 spiro atoms. The molecule has 13 heteroatoms. The molecule has 13 nitrogen and oxygen atoms in total. The minimum atomic E-state index is -0.975. The zero-order valence-electron chi connectivity index (χ0n) is 26.7. The van der Waals surface area contributed by atoms with E-state index in [9.17, 15) is 19.2 Å². The highest BCUT2D eigenvalue weighted by atomic mass is 16.3. The standard InChI is InChI=1S/C33H40N8O5/c1-18(2)27-33-38-25(17-46-33)30(43)34-14-10-9-13-23(31(44)37-24(32(45)39-27)16-21-11-7-6-8-12-21)36-29(42)22-15-19(3)35-28-26(22)20(4)40-41(28)5/h6-8,11-12,15,17-18,23-24,27H,9-10,13-14,16H2,1-5H3,(H,34,43)(H,36,42)(H,37,44)(H,39,45)/t23-,24-,27-/m0/s1. The molecule has 4 heterocycles. The van der Waals surface area contributed by atoms with E-state index in [0.717, 1.165) is 5.56 Å². The molecule has 1 aliphatic heterocycles. The first-order valence-corrected chi connectivity index (χ1v) is 15.5. The molecular formula is C33H40N8O5. The third kappa shape index (κ3) is 7.24. The topological polar surface area (TPSA) is 173 Å². The number of hydrogen-bond acceptors (Lipinski definition) is 8. The van der Waals surface area contributed by atoms with Crippen LogP contribution in [0.1, 0.15) is 82.8 Å². The number of fused-ring (bicyclic) bond motifs is 3. The summed E-state index contributed by atoms with van der Waals surface area (Å²) in [6, 6.07) is 8.44. The predicted molar refractivity (Wildman–Crippen MR) is 170 cm³/mol. The van der Waals surface area contributed by atoms with Gasteiger partial charge in [0.05, 0.1) is 16.6 Å². The fourth-order valence-electron chi connectivity index (χ4n) is 5.65. The van der Waals surface area contributed by atoms with Crippen molar-refractivity contribution >= 4 is 34.7 Å². The summed E-state index contributed by atoms with van der Waals surface area (Å²) in [5, 5.41) is 16.7. The summed E-state index contributed by atoms with van der Waals surface area (Å²) in [7, 11) is 1.76. The fraction of sp³-hybridized carbons (Fsp3) is 0.424. The monoisotopic (exact) mass is 628 g/mol. The molecule has 0 radical (unpaired) electrons. The van der Waals surface area contributed by atoms with Crippen molar-refractivity contribution < 1.29 is 23.6 Å². The number of hydrogen-bond donors (Lipinski definition) is 4. The number of aromatic nitrogens is 4. The number of carbonyl (C=O) groups excluding carboxylic acids is 4. The molecule has 3 aromatic heterocycles. The first kappa shape index (κ1) is 32.3. The summed E-state index contributed by atoms with van der Waals surface area (Å²) in [5.41, 5.74) is 3.17. The van der Waals surface area contributed by atoms with Gasteiger partial charge in [0.25, 0.3) is 11.8 Å². The molecule has 3 atom stereocenters. The van der Waals surface area contributed by atoms with E-state index in [2.05, 4.69) is 36.3 Å². The number of benzene rings is 1. The van der Waals surface area contributed by atoms with Gasteiger partial charge in [0, 0.05) is 25.7 Å². The van der Waals surface area contributed by atoms with Gasteiger partial charge in [0.1, 0.15) is 24.4 Å². The SMILES string of the molecule is Cc1cc(C(=O)N[C@H]2CCCCNC(=O)c3coc(n3)[C@H](C(C)C)NC(=O)[C@H](Cc3ccccc3)NC2=O)c2c(C)nn(C)c2n1. The van der Waals surface area contributed by atoms with Crippen LogP contribution in [0, 0.1) is 19.8 Å². The Labute approximate surface area is 266 Å². The predicted octanol–water partition coefficient (Wildman–Crippen LogP) is 2.83. The van der Waals surface area contributed by atoms with Crippen molar-refractivity contribution in [1.82, 2.24) is 41.0 Å². The quantitative estimate of drug-likeness (QED) is 0.261. The van der Waals surface area contributed by atoms with Crippen LogP contribution in [0.5, 0.6) is 0 Å². The number of rotatable bonds is 5. The van der Waals surface area contributed by atoms with Crippen molar-refractivity contribution in [3.05, 3.63) is 76.8 Å². The van der Waals surface area contributed by atoms with E-state index in [0.29, 0.717) is 47.4 Å². The second-order valence-corrected chi connectivity index (χ2v) is 12.0. The number of carbonyl (C=O) groups is 4. The highest BCUT2D eigenvalue weighted by molar-refractivity contribution is 6.08. The summed E-state index contributed by atoms with van der Waals surface area (Å²) in [6.07, 6.45) is 2.81. The number of nitrogens with zero attached hydrogens (tertiary/aromatic N) is 4. The van der Waals surface area contributed by atoms with Gasteiger partial charge in [0.15, 0.2) is 11.3 Å². The van der Waals surface area contributed by atoms with Gasteiger partial charge in [-0.2, -0.15) is 5.10 Å². The van der Waals surface area contributed by atoms with Crippen molar-refractivity contribution in [2.45, 2.75) is 71.5 Å². The molecule has 2 bridgehead atoms. The third-order valence-corrected chi connectivity index (χ3v) is 8.07. The largest absolute Gasteiger partial charge is 0.446 e. The molecule has 0 aliphatic carbocycles. The molecule has 4 N–H and O–H groups in total. The van der Waals surface area contributed by atoms with Gasteiger partial charge >= 0.3 is 0 Å². The zero-order chi connectivity index (χ0) is 33.0. The summed E-state index contributed by atoms with van der Waals surface area (Å²) < 4.78 is 7.25. The molecule has 242 valence electrons. The highest BCUT2D eigenvalue weighted by Gasteiger charge is 2.32. The molecule has 0 unspecified atom stereocenters. The lowest BCUT2D eigenvalue weighted by atomic mass is 10.0. The molecule has 0 fully saturated rings. The summed E-state index contributed by atoms with van der Waals surface area (Å²) >= 11 is 0. The minimum Gasteiger partial charge on any atom is -0.446 e. The molecule has 0 saturated carbocycles. The molecule has 4 aromatic rings. The second-order valence-electron chi connectivity index (χ2n) is 12.0. The van der Waals surface area contributed by atoms with Gasteiger partial charge in [-0.15, -0.1) is 0 Å². The van der Waals surface area contributed by atoms with Crippen molar-refractivity contribution in [2.75, 3.05) is 6.54 Å². The zero-order valence-corrected chi connectivity index (χ0v) is 26.7. The first-order valence-electron chi connectivity index (χ1n) is 15.5. The van der Waals surface area contributed by atoms with Crippen LogP contribution < -0.4 is 21.3 Å². The van der Waals surface area contributed by atoms with E-state index < -0.39 is 41.8 Å². The van der Waals surface area contributed by atoms with E-state index in [-0.39, 0.29) is 30.3 Å². The number of amides is 4. The van der Waals surface area contributed by atoms with E-state index in [1.807, 2.05) is 44.2 Å². The van der Waals surface area contributed by atoms with Gasteiger partial charge in [-0.1, -0.05) is 44.2 Å². The van der Waals surface area contributed by atoms with E-state index in [4.69, 9.17) is 4.42 Å². The molecule has 5 rings (SSSR count). The van der Waals surface area contributed by atoms with Crippen LogP contribution in [-0.2, 0) is 23.1 Å². The Bertz CT molecular complexity index is 1750. The smallest absolute Gasteiger partial charge is 0.273 e. The minimum absolute atomic E-state index is 0.117. The van der Waals surface area contributed by atoms with E-state index in [1.165, 1.54) is 6.26 Å². The fourth-order valence-corrected chi connectivity index (χ4v) is 5.65. The summed E-state index contributed by atoms with van der Waals surface area (Å²) in [4.78, 5) is 63.2. The maximum atomic E-state index is 14.0. The second kappa shape index (κ2) is 13.9. The van der Waals surface area contributed by atoms with Crippen LogP contribution >= 0.6 is 0 Å². The van der Waals surface area contributed by atoms with Gasteiger partial charge in [-0.3, -0.25) is 23.9 Å². The lowest BCUT2D eigenvalue weighted by Gasteiger charge is -2.26.